The molecule has 1 aromatic carbocycles. The van der Waals surface area contributed by atoms with E-state index < -0.39 is 6.04 Å². The Labute approximate surface area is 106 Å². The van der Waals surface area contributed by atoms with Crippen molar-refractivity contribution < 1.29 is 4.79 Å². The molecule has 0 unspecified atom stereocenters. The summed E-state index contributed by atoms with van der Waals surface area (Å²) in [6.07, 6.45) is 3.32. The largest absolute Gasteiger partial charge is 0.324 e. The zero-order chi connectivity index (χ0) is 13.0. The molecule has 1 aromatic heterocycles. The maximum Gasteiger partial charge on any atom is 0.241 e. The number of carbonyl (C=O) groups excluding carboxylic acids is 1. The molecule has 0 radical (unpaired) electrons. The molecule has 3 N–H and O–H groups in total. The van der Waals surface area contributed by atoms with Gasteiger partial charge in [-0.1, -0.05) is 19.4 Å². The average molecular weight is 243 g/mol. The number of aromatic nitrogens is 1. The zero-order valence-corrected chi connectivity index (χ0v) is 10.4. The highest BCUT2D eigenvalue weighted by Gasteiger charge is 2.13. The van der Waals surface area contributed by atoms with Gasteiger partial charge in [0, 0.05) is 11.6 Å². The lowest BCUT2D eigenvalue weighted by Gasteiger charge is -2.12. The molecule has 2 rings (SSSR count). The van der Waals surface area contributed by atoms with Gasteiger partial charge in [0.15, 0.2) is 0 Å². The molecule has 0 fully saturated rings. The van der Waals surface area contributed by atoms with Gasteiger partial charge >= 0.3 is 0 Å². The van der Waals surface area contributed by atoms with Crippen molar-refractivity contribution in [2.24, 2.45) is 5.73 Å². The van der Waals surface area contributed by atoms with E-state index in [0.29, 0.717) is 6.42 Å². The van der Waals surface area contributed by atoms with Crippen molar-refractivity contribution in [3.05, 3.63) is 36.5 Å². The lowest BCUT2D eigenvalue weighted by Crippen LogP contribution is -2.35. The van der Waals surface area contributed by atoms with Crippen molar-refractivity contribution in [1.29, 1.82) is 0 Å². The standard InChI is InChI=1S/C14H17N3O/c1-2-5-11(15)14(18)17-13-8-3-7-12-10(13)6-4-9-16-12/h3-4,6-9,11H,2,5,15H2,1H3,(H,17,18)/t11-/m1/s1. The summed E-state index contributed by atoms with van der Waals surface area (Å²) >= 11 is 0. The Balaban J connectivity index is 2.24. The Morgan fingerprint density at radius 2 is 2.22 bits per heavy atom. The predicted molar refractivity (Wildman–Crippen MR) is 73.3 cm³/mol. The van der Waals surface area contributed by atoms with E-state index in [4.69, 9.17) is 5.73 Å². The van der Waals surface area contributed by atoms with Crippen LogP contribution in [-0.2, 0) is 4.79 Å². The van der Waals surface area contributed by atoms with E-state index in [-0.39, 0.29) is 5.91 Å². The first-order valence-corrected chi connectivity index (χ1v) is 6.12. The fourth-order valence-electron chi connectivity index (χ4n) is 1.88. The normalized spacial score (nSPS) is 12.3. The van der Waals surface area contributed by atoms with Crippen molar-refractivity contribution in [3.8, 4) is 0 Å². The summed E-state index contributed by atoms with van der Waals surface area (Å²) in [5.41, 5.74) is 7.41. The average Bonchev–Trinajstić information content (AvgIpc) is 2.39. The minimum atomic E-state index is -0.457. The third-order valence-corrected chi connectivity index (χ3v) is 2.84. The summed E-state index contributed by atoms with van der Waals surface area (Å²) in [5, 5.41) is 3.79. The molecule has 2 aromatic rings. The Morgan fingerprint density at radius 1 is 1.39 bits per heavy atom. The number of pyridine rings is 1. The van der Waals surface area contributed by atoms with Gasteiger partial charge in [-0.3, -0.25) is 9.78 Å². The maximum absolute atomic E-state index is 11.9. The number of nitrogens with zero attached hydrogens (tertiary/aromatic N) is 1. The molecular formula is C14H17N3O. The van der Waals surface area contributed by atoms with Crippen LogP contribution < -0.4 is 11.1 Å². The van der Waals surface area contributed by atoms with Crippen LogP contribution in [0.3, 0.4) is 0 Å². The summed E-state index contributed by atoms with van der Waals surface area (Å²) in [6, 6.07) is 8.98. The first kappa shape index (κ1) is 12.5. The molecule has 94 valence electrons. The first-order chi connectivity index (χ1) is 8.72. The van der Waals surface area contributed by atoms with Crippen LogP contribution in [0.5, 0.6) is 0 Å². The Morgan fingerprint density at radius 3 is 3.00 bits per heavy atom. The van der Waals surface area contributed by atoms with Gasteiger partial charge in [-0.15, -0.1) is 0 Å². The lowest BCUT2D eigenvalue weighted by molar-refractivity contribution is -0.117. The van der Waals surface area contributed by atoms with Crippen LogP contribution in [0.4, 0.5) is 5.69 Å². The first-order valence-electron chi connectivity index (χ1n) is 6.12. The van der Waals surface area contributed by atoms with E-state index >= 15 is 0 Å². The summed E-state index contributed by atoms with van der Waals surface area (Å²) in [4.78, 5) is 16.1. The van der Waals surface area contributed by atoms with Gasteiger partial charge in [0.1, 0.15) is 0 Å². The highest BCUT2D eigenvalue weighted by atomic mass is 16.2. The number of amides is 1. The number of carbonyl (C=O) groups is 1. The number of hydrogen-bond donors (Lipinski definition) is 2. The summed E-state index contributed by atoms with van der Waals surface area (Å²) in [7, 11) is 0. The second-order valence-corrected chi connectivity index (χ2v) is 4.26. The second-order valence-electron chi connectivity index (χ2n) is 4.26. The highest BCUT2D eigenvalue weighted by molar-refractivity contribution is 6.02. The number of benzene rings is 1. The Bertz CT molecular complexity index is 548. The fraction of sp³-hybridized carbons (Fsp3) is 0.286. The molecule has 4 heteroatoms. The molecule has 0 aliphatic heterocycles. The van der Waals surface area contributed by atoms with Crippen molar-refractivity contribution in [1.82, 2.24) is 4.98 Å². The third kappa shape index (κ3) is 2.65. The molecular weight excluding hydrogens is 226 g/mol. The molecule has 1 amide bonds. The molecule has 1 atom stereocenters. The fourth-order valence-corrected chi connectivity index (χ4v) is 1.88. The van der Waals surface area contributed by atoms with E-state index in [1.54, 1.807) is 6.20 Å². The summed E-state index contributed by atoms with van der Waals surface area (Å²) < 4.78 is 0. The van der Waals surface area contributed by atoms with E-state index in [2.05, 4.69) is 10.3 Å². The SMILES string of the molecule is CCC[C@@H](N)C(=O)Nc1cccc2ncccc12. The smallest absolute Gasteiger partial charge is 0.241 e. The lowest BCUT2D eigenvalue weighted by atomic mass is 10.1. The monoisotopic (exact) mass is 243 g/mol. The van der Waals surface area contributed by atoms with Gasteiger partial charge in [0.05, 0.1) is 17.2 Å². The van der Waals surface area contributed by atoms with Crippen LogP contribution in [0.25, 0.3) is 10.9 Å². The van der Waals surface area contributed by atoms with Crippen LogP contribution in [0, 0.1) is 0 Å². The van der Waals surface area contributed by atoms with Gasteiger partial charge in [-0.05, 0) is 30.7 Å². The Hall–Kier alpha value is -1.94. The van der Waals surface area contributed by atoms with Gasteiger partial charge in [0.25, 0.3) is 0 Å². The minimum Gasteiger partial charge on any atom is -0.324 e. The molecule has 1 heterocycles. The van der Waals surface area contributed by atoms with E-state index in [1.807, 2.05) is 37.3 Å². The van der Waals surface area contributed by atoms with Gasteiger partial charge < -0.3 is 11.1 Å². The van der Waals surface area contributed by atoms with Crippen molar-refractivity contribution in [2.45, 2.75) is 25.8 Å². The minimum absolute atomic E-state index is 0.145. The number of fused-ring (bicyclic) bond motifs is 1. The second kappa shape index (κ2) is 5.60. The van der Waals surface area contributed by atoms with Crippen molar-refractivity contribution in [2.75, 3.05) is 5.32 Å². The molecule has 0 bridgehead atoms. The van der Waals surface area contributed by atoms with Crippen LogP contribution in [-0.4, -0.2) is 16.9 Å². The zero-order valence-electron chi connectivity index (χ0n) is 10.4. The van der Waals surface area contributed by atoms with Crippen molar-refractivity contribution >= 4 is 22.5 Å². The number of nitrogens with two attached hydrogens (primary N) is 1. The molecule has 0 aliphatic carbocycles. The van der Waals surface area contributed by atoms with E-state index in [9.17, 15) is 4.79 Å². The molecule has 0 saturated heterocycles. The van der Waals surface area contributed by atoms with Crippen LogP contribution in [0.15, 0.2) is 36.5 Å². The molecule has 0 spiro atoms. The molecule has 18 heavy (non-hydrogen) atoms. The van der Waals surface area contributed by atoms with Crippen LogP contribution in [0.1, 0.15) is 19.8 Å². The maximum atomic E-state index is 11.9. The third-order valence-electron chi connectivity index (χ3n) is 2.84. The number of rotatable bonds is 4. The van der Waals surface area contributed by atoms with Crippen LogP contribution >= 0.6 is 0 Å². The Kier molecular flexibility index (Phi) is 3.89. The number of nitrogens with one attached hydrogen (secondary N) is 1. The van der Waals surface area contributed by atoms with Gasteiger partial charge in [-0.2, -0.15) is 0 Å². The van der Waals surface area contributed by atoms with E-state index in [1.165, 1.54) is 0 Å². The quantitative estimate of drug-likeness (QED) is 0.865. The number of anilines is 1. The summed E-state index contributed by atoms with van der Waals surface area (Å²) in [5.74, 6) is -0.145. The van der Waals surface area contributed by atoms with Gasteiger partial charge in [0.2, 0.25) is 5.91 Å². The van der Waals surface area contributed by atoms with Crippen molar-refractivity contribution in [3.63, 3.8) is 0 Å². The molecule has 0 aliphatic rings. The predicted octanol–water partition coefficient (Wildman–Crippen LogP) is 2.30. The van der Waals surface area contributed by atoms with Gasteiger partial charge in [-0.25, -0.2) is 0 Å². The molecule has 0 saturated carbocycles. The highest BCUT2D eigenvalue weighted by Crippen LogP contribution is 2.21. The number of hydrogen-bond acceptors (Lipinski definition) is 3. The van der Waals surface area contributed by atoms with E-state index in [0.717, 1.165) is 23.0 Å². The molecule has 4 nitrogen and oxygen atoms in total. The van der Waals surface area contributed by atoms with Crippen LogP contribution in [0.2, 0.25) is 0 Å². The summed E-state index contributed by atoms with van der Waals surface area (Å²) in [6.45, 7) is 2.01. The topological polar surface area (TPSA) is 68.0 Å².